The number of hydrogen-bond acceptors (Lipinski definition) is 7. The molecular weight excluding hydrogens is 448 g/mol. The second-order valence-corrected chi connectivity index (χ2v) is 9.13. The molecule has 190 valence electrons. The molecule has 0 amide bonds. The lowest BCUT2D eigenvalue weighted by Gasteiger charge is -2.25. The van der Waals surface area contributed by atoms with Gasteiger partial charge in [-0.3, -0.25) is 9.59 Å². The van der Waals surface area contributed by atoms with Crippen LogP contribution in [0.2, 0.25) is 0 Å². The van der Waals surface area contributed by atoms with Gasteiger partial charge in [0.15, 0.2) is 0 Å². The number of benzene rings is 1. The van der Waals surface area contributed by atoms with Crippen molar-refractivity contribution in [3.8, 4) is 5.75 Å². The summed E-state index contributed by atoms with van der Waals surface area (Å²) in [7, 11) is 0. The zero-order valence-electron chi connectivity index (χ0n) is 20.9. The van der Waals surface area contributed by atoms with Crippen molar-refractivity contribution in [1.82, 2.24) is 0 Å². The summed E-state index contributed by atoms with van der Waals surface area (Å²) >= 11 is 0. The van der Waals surface area contributed by atoms with E-state index in [2.05, 4.69) is 31.2 Å². The lowest BCUT2D eigenvalue weighted by atomic mass is 9.81. The third-order valence-corrected chi connectivity index (χ3v) is 5.57. The molecule has 1 aliphatic carbocycles. The van der Waals surface area contributed by atoms with Crippen LogP contribution >= 0.6 is 0 Å². The predicted octanol–water partition coefficient (Wildman–Crippen LogP) is 4.70. The summed E-state index contributed by atoms with van der Waals surface area (Å²) in [5.41, 5.74) is 2.02. The maximum atomic E-state index is 11.0. The first-order valence-electron chi connectivity index (χ1n) is 12.1. The molecule has 3 atom stereocenters. The van der Waals surface area contributed by atoms with E-state index in [0.717, 1.165) is 42.9 Å². The molecule has 7 heteroatoms. The lowest BCUT2D eigenvalue weighted by molar-refractivity contribution is -0.144. The maximum absolute atomic E-state index is 11.0. The largest absolute Gasteiger partial charge is 0.491 e. The van der Waals surface area contributed by atoms with Gasteiger partial charge in [0.05, 0.1) is 19.3 Å². The Morgan fingerprint density at radius 3 is 2.60 bits per heavy atom. The Bertz CT molecular complexity index is 940. The highest BCUT2D eigenvalue weighted by Crippen LogP contribution is 2.32. The topological polar surface area (TPSA) is 86.9 Å². The fourth-order valence-electron chi connectivity index (χ4n) is 3.42. The summed E-state index contributed by atoms with van der Waals surface area (Å²) in [6.07, 6.45) is 13.8. The van der Waals surface area contributed by atoms with E-state index in [1.54, 1.807) is 6.92 Å². The molecule has 0 N–H and O–H groups in total. The molecule has 1 aromatic rings. The first-order valence-corrected chi connectivity index (χ1v) is 12.1. The fraction of sp³-hybridized carbons (Fsp3) is 0.500. The standard InChI is InChI=1S/C15H20O3.C13H16O4/c1-12(16)17-10-13-5-3-7-15(2,9-13)8-4-6-14-11-18-14;1-2-13(14)17-7-10-4-3-5-11(6-10)15-8-12-9-16-12/h3-5,8-9,14H,6-7,10-11H2,1-2H3;3-6,12H,2,7-9H2,1H3/b8-4-;. The Labute approximate surface area is 207 Å². The SMILES string of the molecule is CC(=O)OCC1=CC(C)(/C=C\CC2CO2)CC=C1.CCC(=O)OCc1cccc(OCC2CO2)c1. The van der Waals surface area contributed by atoms with Gasteiger partial charge in [-0.1, -0.05) is 56.4 Å². The molecule has 2 saturated heterocycles. The van der Waals surface area contributed by atoms with Gasteiger partial charge in [0.2, 0.25) is 0 Å². The number of rotatable bonds is 11. The Morgan fingerprint density at radius 2 is 1.91 bits per heavy atom. The second kappa shape index (κ2) is 13.3. The molecule has 0 saturated carbocycles. The van der Waals surface area contributed by atoms with E-state index in [0.29, 0.717) is 32.3 Å². The average Bonchev–Trinajstić information content (AvgIpc) is 3.76. The number of ether oxygens (including phenoxy) is 5. The van der Waals surface area contributed by atoms with Crippen molar-refractivity contribution >= 4 is 11.9 Å². The number of esters is 2. The molecule has 3 unspecified atom stereocenters. The zero-order chi connectivity index (χ0) is 25.1. The molecule has 0 aromatic heterocycles. The molecule has 1 aromatic carbocycles. The highest BCUT2D eigenvalue weighted by atomic mass is 16.6. The number of hydrogen-bond donors (Lipinski definition) is 0. The Hall–Kier alpha value is -2.90. The van der Waals surface area contributed by atoms with Crippen LogP contribution in [0.5, 0.6) is 5.75 Å². The fourth-order valence-corrected chi connectivity index (χ4v) is 3.42. The van der Waals surface area contributed by atoms with Crippen LogP contribution in [0.15, 0.2) is 60.2 Å². The molecule has 0 spiro atoms. The first-order chi connectivity index (χ1) is 16.8. The van der Waals surface area contributed by atoms with Crippen LogP contribution < -0.4 is 4.74 Å². The van der Waals surface area contributed by atoms with E-state index < -0.39 is 0 Å². The second-order valence-electron chi connectivity index (χ2n) is 9.13. The van der Waals surface area contributed by atoms with Crippen molar-refractivity contribution in [2.45, 2.75) is 58.8 Å². The van der Waals surface area contributed by atoms with E-state index in [9.17, 15) is 9.59 Å². The van der Waals surface area contributed by atoms with Crippen LogP contribution in [0, 0.1) is 5.41 Å². The normalized spacial score (nSPS) is 24.1. The van der Waals surface area contributed by atoms with Crippen LogP contribution in [-0.2, 0) is 35.1 Å². The van der Waals surface area contributed by atoms with Gasteiger partial charge in [-0.15, -0.1) is 0 Å². The quantitative estimate of drug-likeness (QED) is 0.255. The van der Waals surface area contributed by atoms with Crippen molar-refractivity contribution in [2.75, 3.05) is 26.4 Å². The maximum Gasteiger partial charge on any atom is 0.305 e. The van der Waals surface area contributed by atoms with Crippen molar-refractivity contribution in [2.24, 2.45) is 5.41 Å². The molecule has 0 radical (unpaired) electrons. The van der Waals surface area contributed by atoms with Gasteiger partial charge >= 0.3 is 11.9 Å². The third-order valence-electron chi connectivity index (χ3n) is 5.57. The van der Waals surface area contributed by atoms with Crippen LogP contribution in [0.25, 0.3) is 0 Å². The van der Waals surface area contributed by atoms with E-state index in [1.807, 2.05) is 30.3 Å². The van der Waals surface area contributed by atoms with Gasteiger partial charge in [0.1, 0.15) is 31.7 Å². The molecule has 2 aliphatic heterocycles. The van der Waals surface area contributed by atoms with E-state index >= 15 is 0 Å². The number of carbonyl (C=O) groups excluding carboxylic acids is 2. The van der Waals surface area contributed by atoms with E-state index in [4.69, 9.17) is 23.7 Å². The minimum absolute atomic E-state index is 0.0269. The summed E-state index contributed by atoms with van der Waals surface area (Å²) in [5.74, 6) is 0.353. The Morgan fingerprint density at radius 1 is 1.14 bits per heavy atom. The van der Waals surface area contributed by atoms with E-state index in [-0.39, 0.29) is 23.5 Å². The highest BCUT2D eigenvalue weighted by Gasteiger charge is 2.24. The van der Waals surface area contributed by atoms with Gasteiger partial charge in [0.25, 0.3) is 0 Å². The average molecular weight is 485 g/mol. The van der Waals surface area contributed by atoms with Crippen LogP contribution in [0.3, 0.4) is 0 Å². The van der Waals surface area contributed by atoms with Crippen LogP contribution in [0.4, 0.5) is 0 Å². The van der Waals surface area contributed by atoms with Gasteiger partial charge in [-0.25, -0.2) is 0 Å². The minimum Gasteiger partial charge on any atom is -0.491 e. The first kappa shape index (κ1) is 26.7. The molecule has 7 nitrogen and oxygen atoms in total. The van der Waals surface area contributed by atoms with Gasteiger partial charge in [-0.05, 0) is 36.1 Å². The van der Waals surface area contributed by atoms with Crippen molar-refractivity contribution in [3.05, 3.63) is 65.8 Å². The van der Waals surface area contributed by atoms with Crippen LogP contribution in [-0.4, -0.2) is 50.6 Å². The predicted molar refractivity (Wildman–Crippen MR) is 132 cm³/mol. The number of carbonyl (C=O) groups is 2. The third kappa shape index (κ3) is 10.9. The molecular formula is C28H36O7. The van der Waals surface area contributed by atoms with E-state index in [1.165, 1.54) is 6.92 Å². The van der Waals surface area contributed by atoms with Gasteiger partial charge in [0, 0.05) is 18.8 Å². The lowest BCUT2D eigenvalue weighted by Crippen LogP contribution is -2.14. The molecule has 35 heavy (non-hydrogen) atoms. The Balaban J connectivity index is 0.000000196. The zero-order valence-corrected chi connectivity index (χ0v) is 20.9. The summed E-state index contributed by atoms with van der Waals surface area (Å²) in [6, 6.07) is 7.56. The summed E-state index contributed by atoms with van der Waals surface area (Å²) in [4.78, 5) is 21.8. The molecule has 3 aliphatic rings. The molecule has 0 bridgehead atoms. The monoisotopic (exact) mass is 484 g/mol. The summed E-state index contributed by atoms with van der Waals surface area (Å²) < 4.78 is 25.9. The van der Waals surface area contributed by atoms with Crippen molar-refractivity contribution in [1.29, 1.82) is 0 Å². The van der Waals surface area contributed by atoms with Crippen molar-refractivity contribution < 1.29 is 33.3 Å². The smallest absolute Gasteiger partial charge is 0.305 e. The molecule has 2 fully saturated rings. The summed E-state index contributed by atoms with van der Waals surface area (Å²) in [5, 5.41) is 0. The van der Waals surface area contributed by atoms with Crippen LogP contribution in [0.1, 0.15) is 45.6 Å². The summed E-state index contributed by atoms with van der Waals surface area (Å²) in [6.45, 7) is 8.32. The number of allylic oxidation sites excluding steroid dienone is 3. The molecule has 2 heterocycles. The van der Waals surface area contributed by atoms with Gasteiger partial charge < -0.3 is 23.7 Å². The van der Waals surface area contributed by atoms with Gasteiger partial charge in [-0.2, -0.15) is 0 Å². The minimum atomic E-state index is -0.238. The number of epoxide rings is 2. The molecule has 4 rings (SSSR count). The Kier molecular flexibility index (Phi) is 10.1. The van der Waals surface area contributed by atoms with Crippen molar-refractivity contribution in [3.63, 3.8) is 0 Å². The highest BCUT2D eigenvalue weighted by molar-refractivity contribution is 5.68.